The lowest BCUT2D eigenvalue weighted by molar-refractivity contribution is 0.102. The van der Waals surface area contributed by atoms with E-state index in [4.69, 9.17) is 4.74 Å². The van der Waals surface area contributed by atoms with Gasteiger partial charge in [-0.05, 0) is 37.3 Å². The first-order valence-electron chi connectivity index (χ1n) is 6.13. The molecule has 0 aromatic heterocycles. The average molecular weight is 275 g/mol. The van der Waals surface area contributed by atoms with Crippen LogP contribution in [0.3, 0.4) is 0 Å². The maximum atomic E-state index is 13.6. The average Bonchev–Trinajstić information content (AvgIpc) is 2.42. The molecule has 0 spiro atoms. The molecule has 0 aliphatic carbocycles. The van der Waals surface area contributed by atoms with E-state index in [1.807, 2.05) is 0 Å². The van der Waals surface area contributed by atoms with Crippen LogP contribution >= 0.6 is 0 Å². The maximum Gasteiger partial charge on any atom is 0.255 e. The van der Waals surface area contributed by atoms with Gasteiger partial charge in [0.25, 0.3) is 5.91 Å². The molecular weight excluding hydrogens is 261 g/mol. The molecule has 0 unspecified atom stereocenters. The largest absolute Gasteiger partial charge is 0.508 e. The van der Waals surface area contributed by atoms with Gasteiger partial charge in [-0.3, -0.25) is 4.79 Å². The molecule has 1 amide bonds. The Labute approximate surface area is 115 Å². The highest BCUT2D eigenvalue weighted by Gasteiger charge is 2.09. The van der Waals surface area contributed by atoms with Crippen LogP contribution in [0.25, 0.3) is 0 Å². The maximum absolute atomic E-state index is 13.6. The van der Waals surface area contributed by atoms with Crippen LogP contribution in [-0.2, 0) is 0 Å². The fourth-order valence-electron chi connectivity index (χ4n) is 1.70. The van der Waals surface area contributed by atoms with Crippen LogP contribution in [0.5, 0.6) is 11.5 Å². The second-order valence-electron chi connectivity index (χ2n) is 4.08. The molecule has 2 rings (SSSR count). The summed E-state index contributed by atoms with van der Waals surface area (Å²) in [6.07, 6.45) is 0. The molecule has 104 valence electrons. The quantitative estimate of drug-likeness (QED) is 0.901. The van der Waals surface area contributed by atoms with Gasteiger partial charge < -0.3 is 15.2 Å². The predicted molar refractivity (Wildman–Crippen MR) is 73.6 cm³/mol. The normalized spacial score (nSPS) is 10.1. The number of carbonyl (C=O) groups is 1. The highest BCUT2D eigenvalue weighted by atomic mass is 19.1. The van der Waals surface area contributed by atoms with E-state index >= 15 is 0 Å². The van der Waals surface area contributed by atoms with E-state index in [9.17, 15) is 14.3 Å². The Kier molecular flexibility index (Phi) is 4.20. The number of phenols is 1. The van der Waals surface area contributed by atoms with Gasteiger partial charge in [0.15, 0.2) is 11.6 Å². The first kappa shape index (κ1) is 13.9. The summed E-state index contributed by atoms with van der Waals surface area (Å²) in [6.45, 7) is 2.13. The Hall–Kier alpha value is -2.56. The summed E-state index contributed by atoms with van der Waals surface area (Å²) in [4.78, 5) is 11.9. The van der Waals surface area contributed by atoms with Gasteiger partial charge in [-0.25, -0.2) is 4.39 Å². The van der Waals surface area contributed by atoms with Crippen LogP contribution in [0.15, 0.2) is 42.5 Å². The SMILES string of the molecule is CCOc1ccc(NC(=O)c2cccc(O)c2)cc1F. The third-order valence-corrected chi connectivity index (χ3v) is 2.60. The Bertz CT molecular complexity index is 628. The summed E-state index contributed by atoms with van der Waals surface area (Å²) in [6, 6.07) is 10.1. The minimum Gasteiger partial charge on any atom is -0.508 e. The van der Waals surface area contributed by atoms with Crippen molar-refractivity contribution in [3.8, 4) is 11.5 Å². The molecule has 0 saturated heterocycles. The zero-order valence-corrected chi connectivity index (χ0v) is 10.9. The third-order valence-electron chi connectivity index (χ3n) is 2.60. The lowest BCUT2D eigenvalue weighted by Crippen LogP contribution is -2.11. The molecule has 0 aliphatic heterocycles. The molecule has 20 heavy (non-hydrogen) atoms. The molecule has 0 radical (unpaired) electrons. The zero-order valence-electron chi connectivity index (χ0n) is 10.9. The summed E-state index contributed by atoms with van der Waals surface area (Å²) in [5, 5.41) is 11.9. The van der Waals surface area contributed by atoms with Gasteiger partial charge in [-0.15, -0.1) is 0 Å². The number of nitrogens with one attached hydrogen (secondary N) is 1. The van der Waals surface area contributed by atoms with Gasteiger partial charge in [0.2, 0.25) is 0 Å². The Morgan fingerprint density at radius 2 is 2.10 bits per heavy atom. The van der Waals surface area contributed by atoms with Crippen molar-refractivity contribution < 1.29 is 19.0 Å². The number of hydrogen-bond acceptors (Lipinski definition) is 3. The van der Waals surface area contributed by atoms with Crippen molar-refractivity contribution in [2.45, 2.75) is 6.92 Å². The Morgan fingerprint density at radius 3 is 2.75 bits per heavy atom. The number of benzene rings is 2. The third kappa shape index (κ3) is 3.26. The van der Waals surface area contributed by atoms with Gasteiger partial charge in [0.1, 0.15) is 5.75 Å². The van der Waals surface area contributed by atoms with Crippen LogP contribution in [-0.4, -0.2) is 17.6 Å². The standard InChI is InChI=1S/C15H14FNO3/c1-2-20-14-7-6-11(9-13(14)16)17-15(19)10-4-3-5-12(18)8-10/h3-9,18H,2H2,1H3,(H,17,19). The predicted octanol–water partition coefficient (Wildman–Crippen LogP) is 3.18. The van der Waals surface area contributed by atoms with Gasteiger partial charge in [0.05, 0.1) is 6.61 Å². The Balaban J connectivity index is 2.14. The summed E-state index contributed by atoms with van der Waals surface area (Å²) in [7, 11) is 0. The van der Waals surface area contributed by atoms with Crippen molar-refractivity contribution in [1.82, 2.24) is 0 Å². The molecule has 0 heterocycles. The van der Waals surface area contributed by atoms with Crippen LogP contribution < -0.4 is 10.1 Å². The molecule has 4 nitrogen and oxygen atoms in total. The zero-order chi connectivity index (χ0) is 14.5. The van der Waals surface area contributed by atoms with Crippen molar-refractivity contribution in [2.24, 2.45) is 0 Å². The number of ether oxygens (including phenoxy) is 1. The lowest BCUT2D eigenvalue weighted by atomic mass is 10.2. The number of anilines is 1. The highest BCUT2D eigenvalue weighted by Crippen LogP contribution is 2.22. The number of rotatable bonds is 4. The molecule has 0 saturated carbocycles. The number of halogens is 1. The summed E-state index contributed by atoms with van der Waals surface area (Å²) < 4.78 is 18.7. The Morgan fingerprint density at radius 1 is 1.30 bits per heavy atom. The van der Waals surface area contributed by atoms with Gasteiger partial charge in [-0.1, -0.05) is 6.07 Å². The number of carbonyl (C=O) groups excluding carboxylic acids is 1. The summed E-state index contributed by atoms with van der Waals surface area (Å²) >= 11 is 0. The van der Waals surface area contributed by atoms with Crippen LogP contribution in [0.4, 0.5) is 10.1 Å². The summed E-state index contributed by atoms with van der Waals surface area (Å²) in [5.41, 5.74) is 0.610. The second kappa shape index (κ2) is 6.06. The van der Waals surface area contributed by atoms with E-state index in [0.717, 1.165) is 0 Å². The van der Waals surface area contributed by atoms with Gasteiger partial charge in [-0.2, -0.15) is 0 Å². The van der Waals surface area contributed by atoms with Crippen molar-refractivity contribution in [3.05, 3.63) is 53.8 Å². The molecule has 2 N–H and O–H groups in total. The highest BCUT2D eigenvalue weighted by molar-refractivity contribution is 6.04. The molecule has 0 atom stereocenters. The molecule has 2 aromatic rings. The molecule has 5 heteroatoms. The van der Waals surface area contributed by atoms with Crippen LogP contribution in [0.1, 0.15) is 17.3 Å². The summed E-state index contributed by atoms with van der Waals surface area (Å²) in [5.74, 6) is -0.830. The first-order valence-corrected chi connectivity index (χ1v) is 6.13. The van der Waals surface area contributed by atoms with Crippen molar-refractivity contribution in [2.75, 3.05) is 11.9 Å². The fourth-order valence-corrected chi connectivity index (χ4v) is 1.70. The molecule has 0 aliphatic rings. The van der Waals surface area contributed by atoms with Crippen LogP contribution in [0.2, 0.25) is 0 Å². The van der Waals surface area contributed by atoms with Crippen molar-refractivity contribution in [3.63, 3.8) is 0 Å². The number of hydrogen-bond donors (Lipinski definition) is 2. The topological polar surface area (TPSA) is 58.6 Å². The van der Waals surface area contributed by atoms with E-state index < -0.39 is 11.7 Å². The van der Waals surface area contributed by atoms with Gasteiger partial charge >= 0.3 is 0 Å². The molecule has 0 bridgehead atoms. The monoisotopic (exact) mass is 275 g/mol. The smallest absolute Gasteiger partial charge is 0.255 e. The fraction of sp³-hybridized carbons (Fsp3) is 0.133. The van der Waals surface area contributed by atoms with E-state index in [2.05, 4.69) is 5.32 Å². The molecule has 2 aromatic carbocycles. The number of amides is 1. The first-order chi connectivity index (χ1) is 9.60. The van der Waals surface area contributed by atoms with E-state index in [-0.39, 0.29) is 11.5 Å². The van der Waals surface area contributed by atoms with E-state index in [1.54, 1.807) is 25.1 Å². The number of phenolic OH excluding ortho intramolecular Hbond substituents is 1. The molecule has 0 fully saturated rings. The minimum absolute atomic E-state index is 0.00414. The second-order valence-corrected chi connectivity index (χ2v) is 4.08. The lowest BCUT2D eigenvalue weighted by Gasteiger charge is -2.08. The van der Waals surface area contributed by atoms with Crippen molar-refractivity contribution >= 4 is 11.6 Å². The molecular formula is C15H14FNO3. The minimum atomic E-state index is -0.541. The van der Waals surface area contributed by atoms with Gasteiger partial charge in [0, 0.05) is 17.3 Å². The van der Waals surface area contributed by atoms with Crippen LogP contribution in [0, 0.1) is 5.82 Å². The number of aromatic hydroxyl groups is 1. The van der Waals surface area contributed by atoms with E-state index in [1.165, 1.54) is 24.3 Å². The van der Waals surface area contributed by atoms with E-state index in [0.29, 0.717) is 17.9 Å². The van der Waals surface area contributed by atoms with Crippen molar-refractivity contribution in [1.29, 1.82) is 0 Å².